The molecule has 5 N–H and O–H groups in total. The molecule has 8 nitrogen and oxygen atoms in total. The minimum atomic E-state index is -0.508. The lowest BCUT2D eigenvalue weighted by atomic mass is 10.0. The highest BCUT2D eigenvalue weighted by molar-refractivity contribution is 7.21. The van der Waals surface area contributed by atoms with Crippen LogP contribution in [0.3, 0.4) is 0 Å². The second kappa shape index (κ2) is 9.20. The van der Waals surface area contributed by atoms with Crippen molar-refractivity contribution in [3.8, 4) is 0 Å². The number of nitrogens with two attached hydrogens (primary N) is 2. The maximum Gasteiger partial charge on any atom is 0.271 e. The molecule has 0 atom stereocenters. The quantitative estimate of drug-likeness (QED) is 0.504. The van der Waals surface area contributed by atoms with Crippen LogP contribution < -0.4 is 26.8 Å². The number of nitrogens with zero attached hydrogens (tertiary/aromatic N) is 3. The number of hydrogen-bond donors (Lipinski definition) is 3. The van der Waals surface area contributed by atoms with Crippen LogP contribution in [0.2, 0.25) is 0 Å². The number of primary amides is 1. The topological polar surface area (TPSA) is 121 Å². The second-order valence-corrected chi connectivity index (χ2v) is 9.17. The van der Waals surface area contributed by atoms with Gasteiger partial charge in [0.2, 0.25) is 0 Å². The zero-order valence-electron chi connectivity index (χ0n) is 18.6. The summed E-state index contributed by atoms with van der Waals surface area (Å²) < 4.78 is 0. The molecular formula is C23H30N6O2S. The third kappa shape index (κ3) is 4.04. The van der Waals surface area contributed by atoms with E-state index in [4.69, 9.17) is 16.5 Å². The average molecular weight is 455 g/mol. The maximum absolute atomic E-state index is 12.3. The van der Waals surface area contributed by atoms with Gasteiger partial charge in [0.15, 0.2) is 0 Å². The van der Waals surface area contributed by atoms with Crippen molar-refractivity contribution in [3.05, 3.63) is 45.2 Å². The fourth-order valence-corrected chi connectivity index (χ4v) is 5.66. The predicted octanol–water partition coefficient (Wildman–Crippen LogP) is 3.11. The predicted molar refractivity (Wildman–Crippen MR) is 132 cm³/mol. The zero-order chi connectivity index (χ0) is 22.8. The summed E-state index contributed by atoms with van der Waals surface area (Å²) in [5.74, 6) is 0.406. The van der Waals surface area contributed by atoms with E-state index >= 15 is 0 Å². The third-order valence-corrected chi connectivity index (χ3v) is 7.30. The number of carbonyl (C=O) groups is 1. The Morgan fingerprint density at radius 1 is 1.34 bits per heavy atom. The molecule has 0 unspecified atom stereocenters. The fraction of sp³-hybridized carbons (Fsp3) is 0.435. The van der Waals surface area contributed by atoms with Gasteiger partial charge < -0.3 is 26.3 Å². The number of piperidine rings is 1. The van der Waals surface area contributed by atoms with Crippen molar-refractivity contribution in [2.45, 2.75) is 45.6 Å². The molecule has 0 bridgehead atoms. The Bertz CT molecular complexity index is 1180. The number of aryl methyl sites for hydroxylation is 1. The van der Waals surface area contributed by atoms with Gasteiger partial charge in [0.05, 0.1) is 5.69 Å². The molecule has 1 amide bonds. The molecule has 0 spiro atoms. The number of fused-ring (bicyclic) bond motifs is 1. The molecule has 1 aliphatic rings. The van der Waals surface area contributed by atoms with Crippen LogP contribution >= 0.6 is 11.3 Å². The van der Waals surface area contributed by atoms with Crippen LogP contribution in [0.4, 0.5) is 17.2 Å². The molecule has 3 aromatic heterocycles. The van der Waals surface area contributed by atoms with Gasteiger partial charge in [-0.1, -0.05) is 13.3 Å². The molecule has 0 aliphatic carbocycles. The van der Waals surface area contributed by atoms with E-state index in [1.54, 1.807) is 6.20 Å². The summed E-state index contributed by atoms with van der Waals surface area (Å²) in [5, 5.41) is 0.866. The minimum absolute atomic E-state index is 0.0476. The Labute approximate surface area is 191 Å². The van der Waals surface area contributed by atoms with E-state index in [-0.39, 0.29) is 5.56 Å². The molecule has 1 saturated heterocycles. The first-order valence-electron chi connectivity index (χ1n) is 11.2. The van der Waals surface area contributed by atoms with Gasteiger partial charge in [-0.05, 0) is 49.9 Å². The SMILES string of the molecule is CCCc1cc(N2CCC(N(CC)c3ccc[nH]c3=O)CC2)nc2sc(C(N)=O)c(N)c12. The van der Waals surface area contributed by atoms with Gasteiger partial charge in [-0.2, -0.15) is 0 Å². The van der Waals surface area contributed by atoms with Gasteiger partial charge in [0, 0.05) is 37.3 Å². The largest absolute Gasteiger partial charge is 0.397 e. The van der Waals surface area contributed by atoms with Crippen molar-refractivity contribution in [1.29, 1.82) is 0 Å². The van der Waals surface area contributed by atoms with Gasteiger partial charge in [-0.15, -0.1) is 11.3 Å². The standard InChI is InChI=1S/C23H30N6O2S/c1-3-6-14-13-17(27-23-18(14)19(24)20(32-23)21(25)30)28-11-8-15(9-12-28)29(4-2)16-7-5-10-26-22(16)31/h5,7,10,13,15H,3-4,6,8-9,11-12,24H2,1-2H3,(H2,25,30)(H,26,31). The highest BCUT2D eigenvalue weighted by atomic mass is 32.1. The molecule has 170 valence electrons. The number of thiophene rings is 1. The van der Waals surface area contributed by atoms with Gasteiger partial charge in [0.25, 0.3) is 11.5 Å². The van der Waals surface area contributed by atoms with Crippen molar-refractivity contribution in [2.24, 2.45) is 5.73 Å². The molecule has 1 fully saturated rings. The molecule has 4 heterocycles. The third-order valence-electron chi connectivity index (χ3n) is 6.19. The summed E-state index contributed by atoms with van der Waals surface area (Å²) in [6.45, 7) is 6.69. The summed E-state index contributed by atoms with van der Waals surface area (Å²) in [7, 11) is 0. The Morgan fingerprint density at radius 3 is 2.72 bits per heavy atom. The van der Waals surface area contributed by atoms with Gasteiger partial charge >= 0.3 is 0 Å². The van der Waals surface area contributed by atoms with Crippen molar-refractivity contribution in [1.82, 2.24) is 9.97 Å². The van der Waals surface area contributed by atoms with Crippen LogP contribution in [0.1, 0.15) is 48.3 Å². The number of aromatic amines is 1. The maximum atomic E-state index is 12.3. The molecule has 9 heteroatoms. The highest BCUT2D eigenvalue weighted by Crippen LogP contribution is 2.37. The molecule has 1 aliphatic heterocycles. The number of nitrogens with one attached hydrogen (secondary N) is 1. The number of aromatic nitrogens is 2. The lowest BCUT2D eigenvalue weighted by molar-refractivity contribution is 0.100. The molecular weight excluding hydrogens is 424 g/mol. The monoisotopic (exact) mass is 454 g/mol. The number of rotatable bonds is 7. The van der Waals surface area contributed by atoms with Crippen LogP contribution in [-0.4, -0.2) is 41.6 Å². The Hall–Kier alpha value is -3.07. The molecule has 0 aromatic carbocycles. The fourth-order valence-electron chi connectivity index (χ4n) is 4.67. The summed E-state index contributed by atoms with van der Waals surface area (Å²) >= 11 is 1.27. The molecule has 32 heavy (non-hydrogen) atoms. The Balaban J connectivity index is 1.59. The van der Waals surface area contributed by atoms with Crippen LogP contribution in [-0.2, 0) is 6.42 Å². The van der Waals surface area contributed by atoms with Crippen LogP contribution in [0.25, 0.3) is 10.2 Å². The summed E-state index contributed by atoms with van der Waals surface area (Å²) in [4.78, 5) is 37.4. The summed E-state index contributed by atoms with van der Waals surface area (Å²) in [6, 6.07) is 6.17. The number of H-pyrrole nitrogens is 1. The van der Waals surface area contributed by atoms with Crippen LogP contribution in [0.15, 0.2) is 29.2 Å². The van der Waals surface area contributed by atoms with Crippen LogP contribution in [0, 0.1) is 0 Å². The zero-order valence-corrected chi connectivity index (χ0v) is 19.4. The van der Waals surface area contributed by atoms with E-state index in [1.165, 1.54) is 11.3 Å². The number of pyridine rings is 2. The summed E-state index contributed by atoms with van der Waals surface area (Å²) in [5.41, 5.74) is 14.0. The number of nitrogen functional groups attached to an aromatic ring is 1. The van der Waals surface area contributed by atoms with E-state index in [9.17, 15) is 9.59 Å². The lowest BCUT2D eigenvalue weighted by Crippen LogP contribution is -2.46. The van der Waals surface area contributed by atoms with E-state index in [0.717, 1.165) is 72.6 Å². The van der Waals surface area contributed by atoms with Gasteiger partial charge in [-0.25, -0.2) is 4.98 Å². The lowest BCUT2D eigenvalue weighted by Gasteiger charge is -2.39. The smallest absolute Gasteiger partial charge is 0.271 e. The Morgan fingerprint density at radius 2 is 2.09 bits per heavy atom. The van der Waals surface area contributed by atoms with E-state index in [0.29, 0.717) is 16.6 Å². The molecule has 0 saturated carbocycles. The average Bonchev–Trinajstić information content (AvgIpc) is 3.13. The van der Waals surface area contributed by atoms with Gasteiger partial charge in [-0.3, -0.25) is 9.59 Å². The van der Waals surface area contributed by atoms with Crippen LogP contribution in [0.5, 0.6) is 0 Å². The normalized spacial score (nSPS) is 14.8. The number of carbonyl (C=O) groups excluding carboxylic acids is 1. The van der Waals surface area contributed by atoms with Crippen molar-refractivity contribution >= 4 is 44.7 Å². The molecule has 3 aromatic rings. The first-order valence-corrected chi connectivity index (χ1v) is 12.0. The van der Waals surface area contributed by atoms with E-state index in [2.05, 4.69) is 34.7 Å². The second-order valence-electron chi connectivity index (χ2n) is 8.17. The first kappa shape index (κ1) is 22.1. The highest BCUT2D eigenvalue weighted by Gasteiger charge is 2.27. The van der Waals surface area contributed by atoms with E-state index < -0.39 is 5.91 Å². The van der Waals surface area contributed by atoms with Crippen molar-refractivity contribution in [3.63, 3.8) is 0 Å². The number of amides is 1. The molecule has 4 rings (SSSR count). The number of anilines is 3. The minimum Gasteiger partial charge on any atom is -0.397 e. The Kier molecular flexibility index (Phi) is 6.36. The van der Waals surface area contributed by atoms with Gasteiger partial charge in [0.1, 0.15) is 21.2 Å². The number of hydrogen-bond acceptors (Lipinski definition) is 7. The first-order chi connectivity index (χ1) is 15.4. The summed E-state index contributed by atoms with van der Waals surface area (Å²) in [6.07, 6.45) is 5.37. The van der Waals surface area contributed by atoms with Crippen molar-refractivity contribution in [2.75, 3.05) is 35.2 Å². The van der Waals surface area contributed by atoms with E-state index in [1.807, 2.05) is 12.1 Å². The molecule has 0 radical (unpaired) electrons. The van der Waals surface area contributed by atoms with Crippen molar-refractivity contribution < 1.29 is 4.79 Å².